The summed E-state index contributed by atoms with van der Waals surface area (Å²) in [5, 5.41) is 5.85. The lowest BCUT2D eigenvalue weighted by atomic mass is 10.2. The first-order valence-corrected chi connectivity index (χ1v) is 7.45. The predicted octanol–water partition coefficient (Wildman–Crippen LogP) is 0.555. The van der Waals surface area contributed by atoms with Gasteiger partial charge in [-0.1, -0.05) is 0 Å². The molecule has 0 aliphatic rings. The van der Waals surface area contributed by atoms with Gasteiger partial charge < -0.3 is 20.9 Å². The Morgan fingerprint density at radius 1 is 1.21 bits per heavy atom. The van der Waals surface area contributed by atoms with E-state index in [4.69, 9.17) is 5.73 Å². The molecule has 3 aromatic heterocycles. The zero-order chi connectivity index (χ0) is 17.1. The van der Waals surface area contributed by atoms with E-state index in [9.17, 15) is 4.79 Å². The SMILES string of the molecule is CC(=O)NCCNc1nc(N)nc2c1nc(-c1ccncc1)n2C. The number of nitrogen functional groups attached to an aromatic ring is 1. The standard InChI is InChI=1S/C15H18N8O/c1-9(24)18-7-8-19-12-11-14(22-15(16)21-12)23(2)13(20-11)10-3-5-17-6-4-10/h3-6H,7-8H2,1-2H3,(H,18,24)(H3,16,19,21,22). The maximum Gasteiger partial charge on any atom is 0.224 e. The van der Waals surface area contributed by atoms with Gasteiger partial charge in [0.05, 0.1) is 0 Å². The number of aromatic nitrogens is 5. The van der Waals surface area contributed by atoms with Crippen LogP contribution < -0.4 is 16.4 Å². The summed E-state index contributed by atoms with van der Waals surface area (Å²) in [7, 11) is 1.87. The molecule has 0 spiro atoms. The van der Waals surface area contributed by atoms with Crippen molar-refractivity contribution in [1.29, 1.82) is 0 Å². The minimum atomic E-state index is -0.0815. The molecule has 9 nitrogen and oxygen atoms in total. The Labute approximate surface area is 138 Å². The summed E-state index contributed by atoms with van der Waals surface area (Å²) in [4.78, 5) is 28.1. The van der Waals surface area contributed by atoms with Crippen molar-refractivity contribution >= 4 is 28.8 Å². The average Bonchev–Trinajstić information content (AvgIpc) is 2.89. The van der Waals surface area contributed by atoms with Crippen molar-refractivity contribution in [3.8, 4) is 11.4 Å². The third-order valence-electron chi connectivity index (χ3n) is 3.47. The second-order valence-electron chi connectivity index (χ2n) is 5.24. The first-order chi connectivity index (χ1) is 11.6. The molecule has 0 aromatic carbocycles. The summed E-state index contributed by atoms with van der Waals surface area (Å²) >= 11 is 0. The lowest BCUT2D eigenvalue weighted by Crippen LogP contribution is -2.26. The maximum absolute atomic E-state index is 10.9. The average molecular weight is 326 g/mol. The van der Waals surface area contributed by atoms with Gasteiger partial charge in [0, 0.05) is 45.0 Å². The van der Waals surface area contributed by atoms with Gasteiger partial charge in [-0.15, -0.1) is 0 Å². The molecule has 0 unspecified atom stereocenters. The van der Waals surface area contributed by atoms with E-state index in [1.54, 1.807) is 12.4 Å². The third-order valence-corrected chi connectivity index (χ3v) is 3.47. The van der Waals surface area contributed by atoms with Crippen LogP contribution in [0.2, 0.25) is 0 Å². The number of nitrogens with zero attached hydrogens (tertiary/aromatic N) is 5. The van der Waals surface area contributed by atoms with Gasteiger partial charge in [-0.05, 0) is 12.1 Å². The van der Waals surface area contributed by atoms with Gasteiger partial charge >= 0.3 is 0 Å². The summed E-state index contributed by atoms with van der Waals surface area (Å²) in [5.41, 5.74) is 8.00. The second-order valence-corrected chi connectivity index (χ2v) is 5.24. The molecule has 0 bridgehead atoms. The highest BCUT2D eigenvalue weighted by atomic mass is 16.1. The third kappa shape index (κ3) is 3.09. The van der Waals surface area contributed by atoms with Crippen LogP contribution in [0, 0.1) is 0 Å². The fourth-order valence-corrected chi connectivity index (χ4v) is 2.38. The topological polar surface area (TPSA) is 124 Å². The van der Waals surface area contributed by atoms with Crippen LogP contribution in [0.5, 0.6) is 0 Å². The minimum absolute atomic E-state index is 0.0815. The Bertz CT molecular complexity index is 874. The van der Waals surface area contributed by atoms with Gasteiger partial charge in [0.15, 0.2) is 17.0 Å². The molecule has 3 heterocycles. The molecule has 0 aliphatic carbocycles. The van der Waals surface area contributed by atoms with Crippen LogP contribution in [-0.2, 0) is 11.8 Å². The fraction of sp³-hybridized carbons (Fsp3) is 0.267. The largest absolute Gasteiger partial charge is 0.368 e. The fourth-order valence-electron chi connectivity index (χ4n) is 2.38. The Balaban J connectivity index is 1.96. The molecule has 24 heavy (non-hydrogen) atoms. The Morgan fingerprint density at radius 2 is 1.96 bits per heavy atom. The molecule has 0 atom stereocenters. The molecule has 124 valence electrons. The number of carbonyl (C=O) groups excluding carboxylic acids is 1. The number of rotatable bonds is 5. The summed E-state index contributed by atoms with van der Waals surface area (Å²) in [6.45, 7) is 2.46. The van der Waals surface area contributed by atoms with Crippen LogP contribution in [-0.4, -0.2) is 43.5 Å². The molecule has 0 saturated carbocycles. The van der Waals surface area contributed by atoms with Gasteiger partial charge in [-0.3, -0.25) is 9.78 Å². The number of carbonyl (C=O) groups is 1. The van der Waals surface area contributed by atoms with Crippen LogP contribution in [0.4, 0.5) is 11.8 Å². The number of hydrogen-bond acceptors (Lipinski definition) is 7. The molecule has 0 saturated heterocycles. The molecule has 4 N–H and O–H groups in total. The summed E-state index contributed by atoms with van der Waals surface area (Å²) in [6.07, 6.45) is 3.42. The number of fused-ring (bicyclic) bond motifs is 1. The normalized spacial score (nSPS) is 10.8. The van der Waals surface area contributed by atoms with Crippen LogP contribution >= 0.6 is 0 Å². The number of pyridine rings is 1. The van der Waals surface area contributed by atoms with Crippen molar-refractivity contribution < 1.29 is 4.79 Å². The molecule has 3 aromatic rings. The molecule has 0 aliphatic heterocycles. The first-order valence-electron chi connectivity index (χ1n) is 7.45. The number of nitrogens with one attached hydrogen (secondary N) is 2. The van der Waals surface area contributed by atoms with Gasteiger partial charge in [-0.2, -0.15) is 9.97 Å². The van der Waals surface area contributed by atoms with E-state index in [1.165, 1.54) is 6.92 Å². The molecule has 9 heteroatoms. The number of imidazole rings is 1. The lowest BCUT2D eigenvalue weighted by Gasteiger charge is -2.07. The number of hydrogen-bond donors (Lipinski definition) is 3. The zero-order valence-corrected chi connectivity index (χ0v) is 13.4. The van der Waals surface area contributed by atoms with E-state index in [0.29, 0.717) is 30.1 Å². The van der Waals surface area contributed by atoms with E-state index in [2.05, 4.69) is 30.6 Å². The van der Waals surface area contributed by atoms with Gasteiger partial charge in [0.1, 0.15) is 5.82 Å². The number of amides is 1. The molecule has 1 amide bonds. The summed E-state index contributed by atoms with van der Waals surface area (Å²) in [6, 6.07) is 3.75. The van der Waals surface area contributed by atoms with Crippen LogP contribution in [0.1, 0.15) is 6.92 Å². The van der Waals surface area contributed by atoms with Crippen molar-refractivity contribution in [3.05, 3.63) is 24.5 Å². The Hall–Kier alpha value is -3.23. The Morgan fingerprint density at radius 3 is 2.67 bits per heavy atom. The van der Waals surface area contributed by atoms with Crippen molar-refractivity contribution in [3.63, 3.8) is 0 Å². The number of anilines is 2. The zero-order valence-electron chi connectivity index (χ0n) is 13.4. The predicted molar refractivity (Wildman–Crippen MR) is 91.1 cm³/mol. The maximum atomic E-state index is 10.9. The van der Waals surface area contributed by atoms with E-state index in [1.807, 2.05) is 23.7 Å². The van der Waals surface area contributed by atoms with Gasteiger partial charge in [-0.25, -0.2) is 4.98 Å². The lowest BCUT2D eigenvalue weighted by molar-refractivity contribution is -0.118. The van der Waals surface area contributed by atoms with Crippen molar-refractivity contribution in [2.24, 2.45) is 7.05 Å². The van der Waals surface area contributed by atoms with Crippen LogP contribution in [0.25, 0.3) is 22.6 Å². The van der Waals surface area contributed by atoms with E-state index in [0.717, 1.165) is 11.4 Å². The molecule has 0 fully saturated rings. The second kappa shape index (κ2) is 6.49. The highest BCUT2D eigenvalue weighted by Gasteiger charge is 2.16. The van der Waals surface area contributed by atoms with Crippen LogP contribution in [0.15, 0.2) is 24.5 Å². The van der Waals surface area contributed by atoms with Crippen molar-refractivity contribution in [2.75, 3.05) is 24.1 Å². The smallest absolute Gasteiger partial charge is 0.224 e. The van der Waals surface area contributed by atoms with Gasteiger partial charge in [0.25, 0.3) is 0 Å². The van der Waals surface area contributed by atoms with Gasteiger partial charge in [0.2, 0.25) is 11.9 Å². The first kappa shape index (κ1) is 15.7. The van der Waals surface area contributed by atoms with Crippen LogP contribution in [0.3, 0.4) is 0 Å². The monoisotopic (exact) mass is 326 g/mol. The number of nitrogens with two attached hydrogens (primary N) is 1. The van der Waals surface area contributed by atoms with E-state index < -0.39 is 0 Å². The Kier molecular flexibility index (Phi) is 4.23. The highest BCUT2D eigenvalue weighted by molar-refractivity contribution is 5.87. The quantitative estimate of drug-likeness (QED) is 0.585. The summed E-state index contributed by atoms with van der Waals surface area (Å²) < 4.78 is 1.86. The van der Waals surface area contributed by atoms with Crippen molar-refractivity contribution in [1.82, 2.24) is 29.8 Å². The molecular formula is C15H18N8O. The molecular weight excluding hydrogens is 308 g/mol. The molecule has 3 rings (SSSR count). The van der Waals surface area contributed by atoms with E-state index in [-0.39, 0.29) is 11.9 Å². The van der Waals surface area contributed by atoms with E-state index >= 15 is 0 Å². The highest BCUT2D eigenvalue weighted by Crippen LogP contribution is 2.26. The minimum Gasteiger partial charge on any atom is -0.368 e. The molecule has 0 radical (unpaired) electrons. The number of aryl methyl sites for hydroxylation is 1. The summed E-state index contributed by atoms with van der Waals surface area (Å²) in [5.74, 6) is 1.37. The van der Waals surface area contributed by atoms with Crippen molar-refractivity contribution in [2.45, 2.75) is 6.92 Å².